The number of nitrogens with one attached hydrogen (secondary N) is 1. The smallest absolute Gasteiger partial charge is 0.339 e. The molecule has 0 radical (unpaired) electrons. The van der Waals surface area contributed by atoms with E-state index in [2.05, 4.69) is 5.32 Å². The Balaban J connectivity index is 2.14. The summed E-state index contributed by atoms with van der Waals surface area (Å²) in [5.41, 5.74) is 2.62. The lowest BCUT2D eigenvalue weighted by molar-refractivity contribution is -0.122. The molecule has 1 N–H and O–H groups in total. The molecule has 0 saturated carbocycles. The van der Waals surface area contributed by atoms with Crippen LogP contribution in [0.15, 0.2) is 42.5 Å². The van der Waals surface area contributed by atoms with Crippen LogP contribution in [0.2, 0.25) is 0 Å². The highest BCUT2D eigenvalue weighted by Crippen LogP contribution is 2.24. The summed E-state index contributed by atoms with van der Waals surface area (Å²) >= 11 is 0. The normalized spacial score (nSPS) is 11.5. The van der Waals surface area contributed by atoms with Crippen LogP contribution < -0.4 is 10.1 Å². The molecule has 0 spiro atoms. The van der Waals surface area contributed by atoms with E-state index in [1.54, 1.807) is 31.2 Å². The third-order valence-electron chi connectivity index (χ3n) is 3.66. The molecule has 126 valence electrons. The van der Waals surface area contributed by atoms with E-state index in [0.29, 0.717) is 17.0 Å². The van der Waals surface area contributed by atoms with Crippen LogP contribution in [0.25, 0.3) is 0 Å². The highest BCUT2D eigenvalue weighted by molar-refractivity contribution is 6.02. The minimum absolute atomic E-state index is 0.299. The lowest BCUT2D eigenvalue weighted by Crippen LogP contribution is -2.31. The molecule has 0 aliphatic rings. The van der Waals surface area contributed by atoms with Crippen molar-refractivity contribution in [3.05, 3.63) is 59.2 Å². The van der Waals surface area contributed by atoms with Crippen LogP contribution in [0.3, 0.4) is 0 Å². The van der Waals surface area contributed by atoms with Gasteiger partial charge < -0.3 is 14.8 Å². The Kier molecular flexibility index (Phi) is 5.58. The number of methoxy groups -OCH3 is 1. The van der Waals surface area contributed by atoms with E-state index < -0.39 is 12.1 Å². The van der Waals surface area contributed by atoms with Crippen LogP contribution in [0, 0.1) is 13.8 Å². The molecule has 5 heteroatoms. The zero-order chi connectivity index (χ0) is 17.7. The monoisotopic (exact) mass is 327 g/mol. The third kappa shape index (κ3) is 3.93. The molecule has 0 saturated heterocycles. The number of carbonyl (C=O) groups is 2. The second-order valence-electron chi connectivity index (χ2n) is 5.51. The number of hydrogen-bond donors (Lipinski definition) is 1. The number of ether oxygens (including phenoxy) is 2. The van der Waals surface area contributed by atoms with E-state index in [1.165, 1.54) is 7.11 Å². The predicted octanol–water partition coefficient (Wildman–Crippen LogP) is 3.50. The largest absolute Gasteiger partial charge is 0.480 e. The Morgan fingerprint density at radius 1 is 1.00 bits per heavy atom. The fraction of sp³-hybridized carbons (Fsp3) is 0.263. The number of anilines is 1. The Labute approximate surface area is 141 Å². The molecule has 1 atom stereocenters. The number of aryl methyl sites for hydroxylation is 2. The van der Waals surface area contributed by atoms with Crippen LogP contribution in [0.4, 0.5) is 5.69 Å². The van der Waals surface area contributed by atoms with Gasteiger partial charge in [-0.25, -0.2) is 4.79 Å². The van der Waals surface area contributed by atoms with Gasteiger partial charge in [0.1, 0.15) is 5.75 Å². The van der Waals surface area contributed by atoms with Gasteiger partial charge in [0.2, 0.25) is 0 Å². The first-order valence-corrected chi connectivity index (χ1v) is 7.65. The summed E-state index contributed by atoms with van der Waals surface area (Å²) in [7, 11) is 1.30. The zero-order valence-electron chi connectivity index (χ0n) is 14.3. The molecular formula is C19H21NO4. The molecule has 0 bridgehead atoms. The van der Waals surface area contributed by atoms with Gasteiger partial charge in [-0.2, -0.15) is 0 Å². The summed E-state index contributed by atoms with van der Waals surface area (Å²) in [6, 6.07) is 12.5. The predicted molar refractivity (Wildman–Crippen MR) is 92.4 cm³/mol. The van der Waals surface area contributed by atoms with Crippen LogP contribution in [-0.4, -0.2) is 25.1 Å². The molecule has 1 amide bonds. The van der Waals surface area contributed by atoms with E-state index in [0.717, 1.165) is 11.1 Å². The van der Waals surface area contributed by atoms with E-state index in [4.69, 9.17) is 9.47 Å². The van der Waals surface area contributed by atoms with Gasteiger partial charge in [0.15, 0.2) is 6.10 Å². The van der Waals surface area contributed by atoms with Crippen molar-refractivity contribution >= 4 is 17.6 Å². The number of hydrogen-bond acceptors (Lipinski definition) is 4. The molecule has 1 unspecified atom stereocenters. The molecule has 0 aliphatic heterocycles. The van der Waals surface area contributed by atoms with Crippen molar-refractivity contribution in [3.8, 4) is 5.75 Å². The van der Waals surface area contributed by atoms with Crippen molar-refractivity contribution in [2.24, 2.45) is 0 Å². The first-order valence-electron chi connectivity index (χ1n) is 7.65. The third-order valence-corrected chi connectivity index (χ3v) is 3.66. The lowest BCUT2D eigenvalue weighted by atomic mass is 10.1. The topological polar surface area (TPSA) is 64.6 Å². The summed E-state index contributed by atoms with van der Waals surface area (Å²) in [5.74, 6) is -0.148. The summed E-state index contributed by atoms with van der Waals surface area (Å²) in [5, 5.41) is 2.72. The van der Waals surface area contributed by atoms with Gasteiger partial charge in [0, 0.05) is 0 Å². The summed E-state index contributed by atoms with van der Waals surface area (Å²) in [6.07, 6.45) is -0.712. The van der Waals surface area contributed by atoms with Crippen molar-refractivity contribution in [1.29, 1.82) is 0 Å². The number of amides is 1. The second-order valence-corrected chi connectivity index (χ2v) is 5.51. The molecule has 0 fully saturated rings. The Bertz CT molecular complexity index is 735. The molecule has 0 heterocycles. The van der Waals surface area contributed by atoms with Gasteiger partial charge in [0.25, 0.3) is 5.91 Å². The zero-order valence-corrected chi connectivity index (χ0v) is 14.3. The molecule has 2 aromatic carbocycles. The molecule has 2 aromatic rings. The quantitative estimate of drug-likeness (QED) is 0.854. The van der Waals surface area contributed by atoms with Gasteiger partial charge in [-0.1, -0.05) is 30.3 Å². The first kappa shape index (κ1) is 17.5. The maximum Gasteiger partial charge on any atom is 0.339 e. The standard InChI is InChI=1S/C19H21NO4/c1-12-8-7-9-13(2)17(12)24-14(3)18(21)20-16-11-6-5-10-15(16)19(22)23-4/h5-11,14H,1-4H3,(H,20,21). The van der Waals surface area contributed by atoms with Crippen LogP contribution in [0.1, 0.15) is 28.4 Å². The first-order chi connectivity index (χ1) is 11.4. The number of para-hydroxylation sites is 2. The van der Waals surface area contributed by atoms with E-state index >= 15 is 0 Å². The van der Waals surface area contributed by atoms with E-state index in [1.807, 2.05) is 32.0 Å². The van der Waals surface area contributed by atoms with Crippen LogP contribution in [-0.2, 0) is 9.53 Å². The van der Waals surface area contributed by atoms with Gasteiger partial charge in [-0.15, -0.1) is 0 Å². The minimum atomic E-state index is -0.712. The van der Waals surface area contributed by atoms with Crippen molar-refractivity contribution in [2.45, 2.75) is 26.9 Å². The number of benzene rings is 2. The Morgan fingerprint density at radius 2 is 1.62 bits per heavy atom. The SMILES string of the molecule is COC(=O)c1ccccc1NC(=O)C(C)Oc1c(C)cccc1C. The van der Waals surface area contributed by atoms with Crippen molar-refractivity contribution in [2.75, 3.05) is 12.4 Å². The molecule has 0 aromatic heterocycles. The average Bonchev–Trinajstić information content (AvgIpc) is 2.57. The average molecular weight is 327 g/mol. The molecule has 0 aliphatic carbocycles. The fourth-order valence-corrected chi connectivity index (χ4v) is 2.33. The maximum atomic E-state index is 12.4. The van der Waals surface area contributed by atoms with Crippen LogP contribution in [0.5, 0.6) is 5.75 Å². The number of rotatable bonds is 5. The van der Waals surface area contributed by atoms with Gasteiger partial charge in [0.05, 0.1) is 18.4 Å². The highest BCUT2D eigenvalue weighted by atomic mass is 16.5. The van der Waals surface area contributed by atoms with Crippen molar-refractivity contribution in [3.63, 3.8) is 0 Å². The molecule has 2 rings (SSSR count). The van der Waals surface area contributed by atoms with Crippen molar-refractivity contribution in [1.82, 2.24) is 0 Å². The summed E-state index contributed by atoms with van der Waals surface area (Å²) < 4.78 is 10.5. The fourth-order valence-electron chi connectivity index (χ4n) is 2.33. The summed E-state index contributed by atoms with van der Waals surface area (Å²) in [6.45, 7) is 5.53. The number of carbonyl (C=O) groups excluding carboxylic acids is 2. The molecule has 5 nitrogen and oxygen atoms in total. The lowest BCUT2D eigenvalue weighted by Gasteiger charge is -2.18. The van der Waals surface area contributed by atoms with Gasteiger partial charge >= 0.3 is 5.97 Å². The van der Waals surface area contributed by atoms with Gasteiger partial charge in [-0.05, 0) is 44.0 Å². The van der Waals surface area contributed by atoms with E-state index in [-0.39, 0.29) is 5.91 Å². The maximum absolute atomic E-state index is 12.4. The van der Waals surface area contributed by atoms with Crippen molar-refractivity contribution < 1.29 is 19.1 Å². The van der Waals surface area contributed by atoms with Gasteiger partial charge in [-0.3, -0.25) is 4.79 Å². The molecular weight excluding hydrogens is 306 g/mol. The summed E-state index contributed by atoms with van der Waals surface area (Å²) in [4.78, 5) is 24.2. The Hall–Kier alpha value is -2.82. The number of esters is 1. The van der Waals surface area contributed by atoms with E-state index in [9.17, 15) is 9.59 Å². The highest BCUT2D eigenvalue weighted by Gasteiger charge is 2.19. The van der Waals surface area contributed by atoms with Crippen LogP contribution >= 0.6 is 0 Å². The Morgan fingerprint density at radius 3 is 2.25 bits per heavy atom. The second kappa shape index (κ2) is 7.64. The molecule has 24 heavy (non-hydrogen) atoms. The minimum Gasteiger partial charge on any atom is -0.480 e.